The lowest BCUT2D eigenvalue weighted by atomic mass is 10.1. The van der Waals surface area contributed by atoms with Gasteiger partial charge < -0.3 is 0 Å². The highest BCUT2D eigenvalue weighted by Crippen LogP contribution is 2.28. The number of nitrogens with one attached hydrogen (secondary N) is 1. The second-order valence-corrected chi connectivity index (χ2v) is 8.06. The van der Waals surface area contributed by atoms with Crippen molar-refractivity contribution in [3.8, 4) is 0 Å². The van der Waals surface area contributed by atoms with Crippen LogP contribution in [0.15, 0.2) is 26.0 Å². The maximum Gasteiger partial charge on any atom is 0.241 e. The Morgan fingerprint density at radius 2 is 1.83 bits per heavy atom. The van der Waals surface area contributed by atoms with Gasteiger partial charge in [0.2, 0.25) is 10.0 Å². The molecule has 0 saturated heterocycles. The molecule has 0 aliphatic carbocycles. The number of hydrogen-bond donors (Lipinski definition) is 1. The molecule has 0 amide bonds. The largest absolute Gasteiger partial charge is 0.241 e. The lowest BCUT2D eigenvalue weighted by molar-refractivity contribution is 0.551. The maximum absolute atomic E-state index is 12.1. The van der Waals surface area contributed by atoms with Gasteiger partial charge in [0.1, 0.15) is 0 Å². The van der Waals surface area contributed by atoms with Crippen molar-refractivity contribution in [2.45, 2.75) is 32.1 Å². The van der Waals surface area contributed by atoms with Crippen LogP contribution in [-0.4, -0.2) is 15.0 Å². The highest BCUT2D eigenvalue weighted by molar-refractivity contribution is 9.11. The van der Waals surface area contributed by atoms with E-state index in [-0.39, 0.29) is 4.90 Å². The van der Waals surface area contributed by atoms with Crippen molar-refractivity contribution < 1.29 is 8.42 Å². The molecule has 0 saturated carbocycles. The molecule has 102 valence electrons. The van der Waals surface area contributed by atoms with Crippen molar-refractivity contribution in [3.63, 3.8) is 0 Å². The fourth-order valence-corrected chi connectivity index (χ4v) is 4.12. The van der Waals surface area contributed by atoms with Gasteiger partial charge in [-0.25, -0.2) is 13.1 Å². The van der Waals surface area contributed by atoms with Crippen molar-refractivity contribution in [1.29, 1.82) is 0 Å². The minimum absolute atomic E-state index is 0.267. The van der Waals surface area contributed by atoms with E-state index >= 15 is 0 Å². The first-order chi connectivity index (χ1) is 8.24. The van der Waals surface area contributed by atoms with Gasteiger partial charge in [0.25, 0.3) is 0 Å². The molecule has 1 rings (SSSR count). The Bertz CT molecular complexity index is 527. The third kappa shape index (κ3) is 4.33. The molecule has 0 atom stereocenters. The molecule has 1 aromatic carbocycles. The Kier molecular flexibility index (Phi) is 5.83. The minimum Gasteiger partial charge on any atom is -0.211 e. The highest BCUT2D eigenvalue weighted by atomic mass is 79.9. The van der Waals surface area contributed by atoms with E-state index in [9.17, 15) is 8.42 Å². The van der Waals surface area contributed by atoms with Crippen molar-refractivity contribution in [1.82, 2.24) is 4.72 Å². The Hall–Kier alpha value is 0.0900. The molecule has 0 unspecified atom stereocenters. The molecule has 0 heterocycles. The lowest BCUT2D eigenvalue weighted by Gasteiger charge is -2.11. The van der Waals surface area contributed by atoms with Crippen molar-refractivity contribution in [2.24, 2.45) is 5.92 Å². The predicted octanol–water partition coefficient (Wildman–Crippen LogP) is 3.84. The van der Waals surface area contributed by atoms with Gasteiger partial charge in [-0.3, -0.25) is 0 Å². The second kappa shape index (κ2) is 6.50. The lowest BCUT2D eigenvalue weighted by Crippen LogP contribution is -2.26. The van der Waals surface area contributed by atoms with Crippen molar-refractivity contribution in [2.75, 3.05) is 6.54 Å². The number of benzene rings is 1. The molecule has 1 aromatic rings. The van der Waals surface area contributed by atoms with E-state index in [4.69, 9.17) is 0 Å². The summed E-state index contributed by atoms with van der Waals surface area (Å²) >= 11 is 6.65. The van der Waals surface area contributed by atoms with Gasteiger partial charge in [-0.15, -0.1) is 0 Å². The molecule has 6 heteroatoms. The van der Waals surface area contributed by atoms with Gasteiger partial charge in [0.05, 0.1) is 4.90 Å². The number of rotatable bonds is 5. The van der Waals surface area contributed by atoms with Gasteiger partial charge in [-0.1, -0.05) is 29.8 Å². The number of halogens is 2. The normalized spacial score (nSPS) is 12.1. The van der Waals surface area contributed by atoms with Gasteiger partial charge in [-0.2, -0.15) is 0 Å². The molecule has 0 aromatic heterocycles. The Labute approximate surface area is 126 Å². The highest BCUT2D eigenvalue weighted by Gasteiger charge is 2.18. The molecule has 0 bridgehead atoms. The van der Waals surface area contributed by atoms with Crippen LogP contribution >= 0.6 is 31.9 Å². The van der Waals surface area contributed by atoms with Crippen LogP contribution in [-0.2, 0) is 10.0 Å². The number of sulfonamides is 1. The molecule has 0 fully saturated rings. The van der Waals surface area contributed by atoms with Crippen LogP contribution in [0.3, 0.4) is 0 Å². The van der Waals surface area contributed by atoms with Crippen LogP contribution in [0.2, 0.25) is 0 Å². The molecule has 0 spiro atoms. The van der Waals surface area contributed by atoms with Gasteiger partial charge in [0, 0.05) is 15.5 Å². The molecule has 1 N–H and O–H groups in total. The first kappa shape index (κ1) is 16.1. The molecule has 3 nitrogen and oxygen atoms in total. The third-order valence-corrected chi connectivity index (χ3v) is 5.79. The summed E-state index contributed by atoms with van der Waals surface area (Å²) in [6.45, 7) is 6.49. The summed E-state index contributed by atoms with van der Waals surface area (Å²) < 4.78 is 28.3. The van der Waals surface area contributed by atoms with E-state index < -0.39 is 10.0 Å². The van der Waals surface area contributed by atoms with E-state index in [0.717, 1.165) is 16.5 Å². The van der Waals surface area contributed by atoms with Crippen LogP contribution in [0, 0.1) is 12.8 Å². The van der Waals surface area contributed by atoms with E-state index in [1.807, 2.05) is 6.92 Å². The first-order valence-electron chi connectivity index (χ1n) is 5.69. The number of hydrogen-bond acceptors (Lipinski definition) is 2. The predicted molar refractivity (Wildman–Crippen MR) is 81.2 cm³/mol. The quantitative estimate of drug-likeness (QED) is 0.818. The third-order valence-electron chi connectivity index (χ3n) is 2.52. The van der Waals surface area contributed by atoms with Crippen LogP contribution in [0.5, 0.6) is 0 Å². The summed E-state index contributed by atoms with van der Waals surface area (Å²) in [5.41, 5.74) is 0.989. The monoisotopic (exact) mass is 397 g/mol. The summed E-state index contributed by atoms with van der Waals surface area (Å²) in [7, 11) is -3.45. The van der Waals surface area contributed by atoms with Crippen LogP contribution in [0.25, 0.3) is 0 Å². The molecule has 0 radical (unpaired) electrons. The first-order valence-corrected chi connectivity index (χ1v) is 8.76. The van der Waals surface area contributed by atoms with E-state index in [0.29, 0.717) is 16.9 Å². The van der Waals surface area contributed by atoms with Crippen LogP contribution < -0.4 is 4.72 Å². The molecule has 0 aliphatic rings. The Morgan fingerprint density at radius 3 is 2.39 bits per heavy atom. The van der Waals surface area contributed by atoms with Gasteiger partial charge in [0.15, 0.2) is 0 Å². The standard InChI is InChI=1S/C12H17Br2NO2S/c1-8(2)4-5-15-18(16,17)12-7-10(13)9(3)6-11(12)14/h6-8,15H,4-5H2,1-3H3. The zero-order valence-corrected chi connectivity index (χ0v) is 14.6. The maximum atomic E-state index is 12.1. The summed E-state index contributed by atoms with van der Waals surface area (Å²) in [5.74, 6) is 0.473. The molecular formula is C12H17Br2NO2S. The van der Waals surface area contributed by atoms with Crippen LogP contribution in [0.4, 0.5) is 0 Å². The number of aryl methyl sites for hydroxylation is 1. The van der Waals surface area contributed by atoms with E-state index in [1.54, 1.807) is 12.1 Å². The summed E-state index contributed by atoms with van der Waals surface area (Å²) in [6.07, 6.45) is 0.823. The van der Waals surface area contributed by atoms with Gasteiger partial charge in [-0.05, 0) is 52.9 Å². The minimum atomic E-state index is -3.45. The summed E-state index contributed by atoms with van der Waals surface area (Å²) in [5, 5.41) is 0. The van der Waals surface area contributed by atoms with Crippen LogP contribution in [0.1, 0.15) is 25.8 Å². The second-order valence-electron chi connectivity index (χ2n) is 4.61. The zero-order valence-electron chi connectivity index (χ0n) is 10.6. The Morgan fingerprint density at radius 1 is 1.22 bits per heavy atom. The average Bonchev–Trinajstić information content (AvgIpc) is 2.22. The SMILES string of the molecule is Cc1cc(Br)c(S(=O)(=O)NCCC(C)C)cc1Br. The molecule has 0 aliphatic heterocycles. The van der Waals surface area contributed by atoms with E-state index in [2.05, 4.69) is 50.4 Å². The topological polar surface area (TPSA) is 46.2 Å². The smallest absolute Gasteiger partial charge is 0.211 e. The average molecular weight is 399 g/mol. The fourth-order valence-electron chi connectivity index (χ4n) is 1.39. The Balaban J connectivity index is 2.95. The molecule has 18 heavy (non-hydrogen) atoms. The molecular weight excluding hydrogens is 382 g/mol. The zero-order chi connectivity index (χ0) is 13.9. The summed E-state index contributed by atoms with van der Waals surface area (Å²) in [4.78, 5) is 0.267. The van der Waals surface area contributed by atoms with Gasteiger partial charge >= 0.3 is 0 Å². The van der Waals surface area contributed by atoms with E-state index in [1.165, 1.54) is 0 Å². The summed E-state index contributed by atoms with van der Waals surface area (Å²) in [6, 6.07) is 3.41. The fraction of sp³-hybridized carbons (Fsp3) is 0.500. The van der Waals surface area contributed by atoms with Crippen molar-refractivity contribution >= 4 is 41.9 Å². The van der Waals surface area contributed by atoms with Crippen molar-refractivity contribution in [3.05, 3.63) is 26.6 Å².